The quantitative estimate of drug-likeness (QED) is 0.891. The Morgan fingerprint density at radius 3 is 2.80 bits per heavy atom. The summed E-state index contributed by atoms with van der Waals surface area (Å²) in [5.74, 6) is 1.40. The second-order valence-electron chi connectivity index (χ2n) is 5.39. The SMILES string of the molecule is CC(C)Cn1ncnc1CC(CO)c1cccc(Cl)c1. The highest BCUT2D eigenvalue weighted by molar-refractivity contribution is 6.30. The molecule has 2 rings (SSSR count). The summed E-state index contributed by atoms with van der Waals surface area (Å²) in [5.41, 5.74) is 1.03. The van der Waals surface area contributed by atoms with Gasteiger partial charge in [-0.1, -0.05) is 37.6 Å². The van der Waals surface area contributed by atoms with Gasteiger partial charge in [0.1, 0.15) is 12.2 Å². The van der Waals surface area contributed by atoms with Gasteiger partial charge in [-0.25, -0.2) is 9.67 Å². The highest BCUT2D eigenvalue weighted by Crippen LogP contribution is 2.22. The zero-order valence-corrected chi connectivity index (χ0v) is 12.6. The van der Waals surface area contributed by atoms with Crippen LogP contribution in [-0.4, -0.2) is 26.5 Å². The molecule has 108 valence electrons. The second kappa shape index (κ2) is 6.86. The molecule has 2 aromatic rings. The van der Waals surface area contributed by atoms with Crippen molar-refractivity contribution in [3.63, 3.8) is 0 Å². The molecular formula is C15H20ClN3O. The lowest BCUT2D eigenvalue weighted by Gasteiger charge is -2.16. The monoisotopic (exact) mass is 293 g/mol. The summed E-state index contributed by atoms with van der Waals surface area (Å²) in [6, 6.07) is 7.61. The van der Waals surface area contributed by atoms with Gasteiger partial charge in [0, 0.05) is 23.9 Å². The molecule has 0 aliphatic heterocycles. The number of hydrogen-bond acceptors (Lipinski definition) is 3. The van der Waals surface area contributed by atoms with Crippen molar-refractivity contribution in [3.05, 3.63) is 47.0 Å². The third-order valence-corrected chi connectivity index (χ3v) is 3.44. The molecule has 0 fully saturated rings. The van der Waals surface area contributed by atoms with Crippen molar-refractivity contribution in [2.45, 2.75) is 32.7 Å². The van der Waals surface area contributed by atoms with Crippen molar-refractivity contribution in [2.75, 3.05) is 6.61 Å². The fraction of sp³-hybridized carbons (Fsp3) is 0.467. The standard InChI is InChI=1S/C15H20ClN3O/c1-11(2)8-19-15(17-10-18-19)7-13(9-20)12-4-3-5-14(16)6-12/h3-6,10-11,13,20H,7-9H2,1-2H3. The molecule has 4 nitrogen and oxygen atoms in total. The molecule has 1 aromatic heterocycles. The van der Waals surface area contributed by atoms with Gasteiger partial charge in [0.05, 0.1) is 6.61 Å². The number of aromatic nitrogens is 3. The van der Waals surface area contributed by atoms with Crippen molar-refractivity contribution in [2.24, 2.45) is 5.92 Å². The first-order chi connectivity index (χ1) is 9.60. The summed E-state index contributed by atoms with van der Waals surface area (Å²) < 4.78 is 1.91. The van der Waals surface area contributed by atoms with E-state index >= 15 is 0 Å². The van der Waals surface area contributed by atoms with Gasteiger partial charge in [0.25, 0.3) is 0 Å². The number of rotatable bonds is 6. The van der Waals surface area contributed by atoms with Crippen LogP contribution in [0.2, 0.25) is 5.02 Å². The molecule has 5 heteroatoms. The number of benzene rings is 1. The van der Waals surface area contributed by atoms with Crippen molar-refractivity contribution in [1.29, 1.82) is 0 Å². The van der Waals surface area contributed by atoms with Gasteiger partial charge in [0.15, 0.2) is 0 Å². The number of aliphatic hydroxyl groups is 1. The predicted octanol–water partition coefficient (Wildman–Crippen LogP) is 2.91. The van der Waals surface area contributed by atoms with Crippen molar-refractivity contribution in [3.8, 4) is 0 Å². The summed E-state index contributed by atoms with van der Waals surface area (Å²) in [6.45, 7) is 5.19. The molecule has 0 saturated heterocycles. The first kappa shape index (κ1) is 15.0. The maximum Gasteiger partial charge on any atom is 0.138 e. The zero-order valence-electron chi connectivity index (χ0n) is 11.8. The summed E-state index contributed by atoms with van der Waals surface area (Å²) in [4.78, 5) is 4.31. The van der Waals surface area contributed by atoms with E-state index in [1.54, 1.807) is 6.33 Å². The Hall–Kier alpha value is -1.39. The number of nitrogens with zero attached hydrogens (tertiary/aromatic N) is 3. The molecule has 0 amide bonds. The minimum atomic E-state index is -0.0104. The highest BCUT2D eigenvalue weighted by Gasteiger charge is 2.16. The Morgan fingerprint density at radius 2 is 2.15 bits per heavy atom. The molecule has 0 saturated carbocycles. The molecular weight excluding hydrogens is 274 g/mol. The van der Waals surface area contributed by atoms with E-state index in [9.17, 15) is 5.11 Å². The molecule has 1 N–H and O–H groups in total. The zero-order chi connectivity index (χ0) is 14.5. The average molecular weight is 294 g/mol. The van der Waals surface area contributed by atoms with Gasteiger partial charge >= 0.3 is 0 Å². The van der Waals surface area contributed by atoms with Gasteiger partial charge in [-0.2, -0.15) is 5.10 Å². The van der Waals surface area contributed by atoms with E-state index < -0.39 is 0 Å². The second-order valence-corrected chi connectivity index (χ2v) is 5.83. The van der Waals surface area contributed by atoms with Gasteiger partial charge < -0.3 is 5.11 Å². The maximum absolute atomic E-state index is 9.64. The first-order valence-electron chi connectivity index (χ1n) is 6.83. The lowest BCUT2D eigenvalue weighted by molar-refractivity contribution is 0.261. The van der Waals surface area contributed by atoms with Crippen molar-refractivity contribution in [1.82, 2.24) is 14.8 Å². The molecule has 0 aliphatic carbocycles. The van der Waals surface area contributed by atoms with E-state index in [1.807, 2.05) is 28.9 Å². The molecule has 0 aliphatic rings. The number of hydrogen-bond donors (Lipinski definition) is 1. The van der Waals surface area contributed by atoms with Crippen LogP contribution in [0.25, 0.3) is 0 Å². The molecule has 20 heavy (non-hydrogen) atoms. The third kappa shape index (κ3) is 3.81. The van der Waals surface area contributed by atoms with Crippen molar-refractivity contribution >= 4 is 11.6 Å². The highest BCUT2D eigenvalue weighted by atomic mass is 35.5. The molecule has 1 heterocycles. The lowest BCUT2D eigenvalue weighted by atomic mass is 9.96. The van der Waals surface area contributed by atoms with Gasteiger partial charge in [-0.15, -0.1) is 0 Å². The smallest absolute Gasteiger partial charge is 0.138 e. The van der Waals surface area contributed by atoms with Gasteiger partial charge in [-0.05, 0) is 23.6 Å². The fourth-order valence-corrected chi connectivity index (χ4v) is 2.41. The Labute approximate surface area is 124 Å². The Morgan fingerprint density at radius 1 is 1.35 bits per heavy atom. The molecule has 0 spiro atoms. The van der Waals surface area contributed by atoms with Gasteiger partial charge in [0.2, 0.25) is 0 Å². The van der Waals surface area contributed by atoms with E-state index in [1.165, 1.54) is 0 Å². The van der Waals surface area contributed by atoms with Crippen LogP contribution in [0.4, 0.5) is 0 Å². The number of aliphatic hydroxyl groups excluding tert-OH is 1. The van der Waals surface area contributed by atoms with Crippen LogP contribution in [0.5, 0.6) is 0 Å². The molecule has 1 unspecified atom stereocenters. The van der Waals surface area contributed by atoms with E-state index in [0.29, 0.717) is 17.4 Å². The largest absolute Gasteiger partial charge is 0.396 e. The molecule has 0 radical (unpaired) electrons. The van der Waals surface area contributed by atoms with Gasteiger partial charge in [-0.3, -0.25) is 0 Å². The normalized spacial score (nSPS) is 12.8. The van der Waals surface area contributed by atoms with Crippen LogP contribution in [0.15, 0.2) is 30.6 Å². The summed E-state index contributed by atoms with van der Waals surface area (Å²) in [7, 11) is 0. The van der Waals surface area contributed by atoms with E-state index in [4.69, 9.17) is 11.6 Å². The minimum Gasteiger partial charge on any atom is -0.396 e. The van der Waals surface area contributed by atoms with Crippen LogP contribution in [0.1, 0.15) is 31.2 Å². The third-order valence-electron chi connectivity index (χ3n) is 3.20. The predicted molar refractivity (Wildman–Crippen MR) is 79.8 cm³/mol. The summed E-state index contributed by atoms with van der Waals surface area (Å²) in [6.07, 6.45) is 2.23. The summed E-state index contributed by atoms with van der Waals surface area (Å²) >= 11 is 6.01. The Balaban J connectivity index is 2.16. The van der Waals surface area contributed by atoms with E-state index in [0.717, 1.165) is 17.9 Å². The molecule has 1 aromatic carbocycles. The van der Waals surface area contributed by atoms with Crippen LogP contribution < -0.4 is 0 Å². The lowest BCUT2D eigenvalue weighted by Crippen LogP contribution is -2.15. The minimum absolute atomic E-state index is 0.0104. The molecule has 0 bridgehead atoms. The fourth-order valence-electron chi connectivity index (χ4n) is 2.21. The van der Waals surface area contributed by atoms with Crippen LogP contribution in [0, 0.1) is 5.92 Å². The topological polar surface area (TPSA) is 50.9 Å². The first-order valence-corrected chi connectivity index (χ1v) is 7.21. The van der Waals surface area contributed by atoms with Crippen molar-refractivity contribution < 1.29 is 5.11 Å². The van der Waals surface area contributed by atoms with Crippen LogP contribution in [-0.2, 0) is 13.0 Å². The van der Waals surface area contributed by atoms with E-state index in [2.05, 4.69) is 23.9 Å². The van der Waals surface area contributed by atoms with Crippen LogP contribution in [0.3, 0.4) is 0 Å². The Bertz CT molecular complexity index is 554. The maximum atomic E-state index is 9.64. The molecule has 1 atom stereocenters. The average Bonchev–Trinajstić information content (AvgIpc) is 2.82. The number of halogens is 1. The Kier molecular flexibility index (Phi) is 5.15. The van der Waals surface area contributed by atoms with E-state index in [-0.39, 0.29) is 12.5 Å². The van der Waals surface area contributed by atoms with Crippen LogP contribution >= 0.6 is 11.6 Å². The summed E-state index contributed by atoms with van der Waals surface area (Å²) in [5, 5.41) is 14.6.